The van der Waals surface area contributed by atoms with Crippen molar-refractivity contribution in [3.63, 3.8) is 0 Å². The van der Waals surface area contributed by atoms with Gasteiger partial charge in [-0.2, -0.15) is 0 Å². The van der Waals surface area contributed by atoms with Crippen molar-refractivity contribution in [1.29, 1.82) is 0 Å². The number of benzene rings is 1. The summed E-state index contributed by atoms with van der Waals surface area (Å²) in [6.45, 7) is 8.04. The Labute approximate surface area is 199 Å². The maximum atomic E-state index is 13.3. The normalized spacial score (nSPS) is 29.3. The van der Waals surface area contributed by atoms with E-state index in [2.05, 4.69) is 41.8 Å². The number of aryl methyl sites for hydroxylation is 2. The second kappa shape index (κ2) is 7.95. The molecule has 33 heavy (non-hydrogen) atoms. The fourth-order valence-electron chi connectivity index (χ4n) is 6.76. The summed E-state index contributed by atoms with van der Waals surface area (Å²) in [7, 11) is -3.88. The summed E-state index contributed by atoms with van der Waals surface area (Å²) in [4.78, 5) is 17.4. The molecule has 2 aliphatic heterocycles. The van der Waals surface area contributed by atoms with E-state index >= 15 is 0 Å². The van der Waals surface area contributed by atoms with Gasteiger partial charge in [0.1, 0.15) is 0 Å². The number of sulfonamides is 1. The molecule has 0 aromatic heterocycles. The van der Waals surface area contributed by atoms with Gasteiger partial charge in [0.05, 0.1) is 5.75 Å². The Hall–Kier alpha value is -1.64. The van der Waals surface area contributed by atoms with Crippen molar-refractivity contribution in [2.75, 3.05) is 31.2 Å². The molecule has 2 aliphatic carbocycles. The van der Waals surface area contributed by atoms with Crippen LogP contribution in [0.1, 0.15) is 70.1 Å². The Balaban J connectivity index is 1.36. The van der Waals surface area contributed by atoms with Gasteiger partial charge in [-0.15, -0.1) is 0 Å². The third-order valence-electron chi connectivity index (χ3n) is 8.62. The first-order valence-electron chi connectivity index (χ1n) is 13.0. The van der Waals surface area contributed by atoms with E-state index in [-0.39, 0.29) is 29.9 Å². The molecular weight excluding hydrogens is 436 g/mol. The first-order valence-corrected chi connectivity index (χ1v) is 14.0. The molecule has 0 unspecified atom stereocenters. The minimum absolute atomic E-state index is 0.0328. The summed E-state index contributed by atoms with van der Waals surface area (Å²) >= 11 is 0. The number of anilines is 1. The predicted molar refractivity (Wildman–Crippen MR) is 131 cm³/mol. The lowest BCUT2D eigenvalue weighted by molar-refractivity contribution is -0.0679. The molecule has 4 aliphatic rings. The molecule has 0 radical (unpaired) electrons. The van der Waals surface area contributed by atoms with Crippen LogP contribution < -0.4 is 10.0 Å². The minimum atomic E-state index is -3.91. The molecule has 8 heteroatoms. The Bertz CT molecular complexity index is 1070. The summed E-state index contributed by atoms with van der Waals surface area (Å²) in [5.74, 6) is -0.194. The van der Waals surface area contributed by atoms with Crippen molar-refractivity contribution < 1.29 is 14.6 Å². The SMILES string of the molecule is [2H]CN1[C@H](CS(=O)(=O)NC(=O)Nc2c3c(cc4c2CCC4)CCC3)[C@@]2(C)CCCN2CC1(C)C. The zero-order valence-corrected chi connectivity index (χ0v) is 21.0. The van der Waals surface area contributed by atoms with Crippen LogP contribution in [-0.4, -0.2) is 67.2 Å². The van der Waals surface area contributed by atoms with Crippen LogP contribution in [0.5, 0.6) is 0 Å². The van der Waals surface area contributed by atoms with Crippen molar-refractivity contribution in [2.45, 2.75) is 89.3 Å². The standard InChI is InChI=1S/C25H38N4O3S/c1-24(2)16-29-13-7-12-25(29,3)21(28(24)4)15-33(31,32)27-23(30)26-22-19-10-5-8-17(19)14-18-9-6-11-20(18)22/h14,21H,5-13,15-16H2,1-4H3,(H2,26,27,30)/t21-,25-/m1/s1/i4D. The van der Waals surface area contributed by atoms with Crippen LogP contribution in [0.25, 0.3) is 0 Å². The van der Waals surface area contributed by atoms with Gasteiger partial charge in [-0.1, -0.05) is 6.07 Å². The molecule has 0 bridgehead atoms. The van der Waals surface area contributed by atoms with E-state index in [9.17, 15) is 13.2 Å². The summed E-state index contributed by atoms with van der Waals surface area (Å²) in [5.41, 5.74) is 5.17. The van der Waals surface area contributed by atoms with Crippen molar-refractivity contribution in [3.05, 3.63) is 28.3 Å². The number of nitrogens with one attached hydrogen (secondary N) is 2. The van der Waals surface area contributed by atoms with E-state index in [1.165, 1.54) is 22.3 Å². The lowest BCUT2D eigenvalue weighted by Gasteiger charge is -2.57. The monoisotopic (exact) mass is 475 g/mol. The number of likely N-dealkylation sites (N-methyl/N-ethyl adjacent to an activating group) is 1. The molecule has 7 nitrogen and oxygen atoms in total. The summed E-state index contributed by atoms with van der Waals surface area (Å²) in [5, 5.41) is 2.94. The van der Waals surface area contributed by atoms with Crippen LogP contribution in [0.3, 0.4) is 0 Å². The number of rotatable bonds is 4. The molecule has 0 spiro atoms. The molecule has 2 fully saturated rings. The van der Waals surface area contributed by atoms with Crippen LogP contribution in [-0.2, 0) is 35.7 Å². The van der Waals surface area contributed by atoms with Gasteiger partial charge in [0.2, 0.25) is 10.0 Å². The lowest BCUT2D eigenvalue weighted by atomic mass is 9.82. The van der Waals surface area contributed by atoms with Gasteiger partial charge in [0.15, 0.2) is 0 Å². The Morgan fingerprint density at radius 1 is 1.12 bits per heavy atom. The number of amides is 2. The molecule has 5 rings (SSSR count). The van der Waals surface area contributed by atoms with Crippen LogP contribution in [0.2, 0.25) is 0 Å². The number of carbonyl (C=O) groups is 1. The molecule has 2 atom stereocenters. The molecule has 1 aromatic rings. The van der Waals surface area contributed by atoms with Gasteiger partial charge >= 0.3 is 6.03 Å². The summed E-state index contributed by atoms with van der Waals surface area (Å²) in [6.07, 6.45) is 7.95. The van der Waals surface area contributed by atoms with Gasteiger partial charge in [0, 0.05) is 30.7 Å². The Morgan fingerprint density at radius 2 is 1.79 bits per heavy atom. The van der Waals surface area contributed by atoms with E-state index < -0.39 is 16.1 Å². The maximum absolute atomic E-state index is 13.3. The Kier molecular flexibility index (Phi) is 5.27. The third-order valence-corrected chi connectivity index (χ3v) is 9.87. The quantitative estimate of drug-likeness (QED) is 0.700. The fourth-order valence-corrected chi connectivity index (χ4v) is 8.13. The average Bonchev–Trinajstić information content (AvgIpc) is 3.47. The highest BCUT2D eigenvalue weighted by Gasteiger charge is 2.54. The van der Waals surface area contributed by atoms with Gasteiger partial charge < -0.3 is 5.32 Å². The zero-order valence-electron chi connectivity index (χ0n) is 21.2. The molecule has 1 aromatic carbocycles. The third kappa shape index (κ3) is 3.98. The van der Waals surface area contributed by atoms with Crippen molar-refractivity contribution in [3.8, 4) is 0 Å². The molecule has 2 heterocycles. The van der Waals surface area contributed by atoms with Gasteiger partial charge in [-0.05, 0) is 108 Å². The summed E-state index contributed by atoms with van der Waals surface area (Å²) < 4.78 is 37.1. The number of fused-ring (bicyclic) bond motifs is 3. The van der Waals surface area contributed by atoms with E-state index in [4.69, 9.17) is 1.37 Å². The van der Waals surface area contributed by atoms with Crippen LogP contribution in [0, 0.1) is 0 Å². The van der Waals surface area contributed by atoms with Gasteiger partial charge in [0.25, 0.3) is 0 Å². The highest BCUT2D eigenvalue weighted by atomic mass is 32.2. The van der Waals surface area contributed by atoms with Crippen molar-refractivity contribution in [1.82, 2.24) is 14.5 Å². The molecule has 182 valence electrons. The van der Waals surface area contributed by atoms with E-state index in [1.807, 2.05) is 4.90 Å². The smallest absolute Gasteiger partial charge is 0.307 e. The van der Waals surface area contributed by atoms with Crippen LogP contribution >= 0.6 is 0 Å². The first kappa shape index (κ1) is 21.9. The first-order chi connectivity index (χ1) is 16.0. The van der Waals surface area contributed by atoms with E-state index in [1.54, 1.807) is 0 Å². The van der Waals surface area contributed by atoms with Crippen LogP contribution in [0.15, 0.2) is 6.07 Å². The highest BCUT2D eigenvalue weighted by Crippen LogP contribution is 2.42. The second-order valence-electron chi connectivity index (χ2n) is 11.3. The van der Waals surface area contributed by atoms with E-state index in [0.29, 0.717) is 0 Å². The number of nitrogens with zero attached hydrogens (tertiary/aromatic N) is 2. The molecule has 2 amide bonds. The number of hydrogen-bond donors (Lipinski definition) is 2. The molecule has 0 saturated carbocycles. The van der Waals surface area contributed by atoms with Crippen molar-refractivity contribution >= 4 is 21.7 Å². The number of hydrogen-bond acceptors (Lipinski definition) is 5. The number of urea groups is 1. The Morgan fingerprint density at radius 3 is 2.42 bits per heavy atom. The molecule has 2 saturated heterocycles. The number of carbonyl (C=O) groups excluding carboxylic acids is 1. The largest absolute Gasteiger partial charge is 0.332 e. The highest BCUT2D eigenvalue weighted by molar-refractivity contribution is 7.90. The predicted octanol–water partition coefficient (Wildman–Crippen LogP) is 3.06. The lowest BCUT2D eigenvalue weighted by Crippen LogP contribution is -2.72. The fraction of sp³-hybridized carbons (Fsp3) is 0.720. The summed E-state index contributed by atoms with van der Waals surface area (Å²) in [6, 6.07) is 1.26. The molecular formula is C25H38N4O3S. The average molecular weight is 476 g/mol. The zero-order chi connectivity index (χ0) is 24.3. The van der Waals surface area contributed by atoms with Crippen LogP contribution in [0.4, 0.5) is 10.5 Å². The van der Waals surface area contributed by atoms with Gasteiger partial charge in [-0.3, -0.25) is 9.80 Å². The van der Waals surface area contributed by atoms with E-state index in [0.717, 1.165) is 70.1 Å². The second-order valence-corrected chi connectivity index (χ2v) is 13.0. The van der Waals surface area contributed by atoms with Crippen molar-refractivity contribution in [2.24, 2.45) is 0 Å². The maximum Gasteiger partial charge on any atom is 0.332 e. The van der Waals surface area contributed by atoms with Gasteiger partial charge in [-0.25, -0.2) is 17.9 Å². The molecule has 2 N–H and O–H groups in total. The topological polar surface area (TPSA) is 81.8 Å². The minimum Gasteiger partial charge on any atom is -0.307 e. The number of piperazine rings is 1.